The normalized spacial score (nSPS) is 49.1. The lowest BCUT2D eigenvalue weighted by Crippen LogP contribution is -2.46. The summed E-state index contributed by atoms with van der Waals surface area (Å²) in [6, 6.07) is 0. The van der Waals surface area contributed by atoms with Gasteiger partial charge in [-0.05, 0) is 18.3 Å². The molecule has 1 saturated heterocycles. The summed E-state index contributed by atoms with van der Waals surface area (Å²) in [5, 5.41) is 0. The van der Waals surface area contributed by atoms with Gasteiger partial charge in [-0.15, -0.1) is 0 Å². The first-order valence-corrected chi connectivity index (χ1v) is 6.11. The standard InChI is InChI=1S/C13H18O3/c1-11(2)8-4-6-12(11,3)10(15)13(8)7-5-9(14)16-13/h8H,4-7H2,1-3H3/t8-,12-,13+/m1/s1. The van der Waals surface area contributed by atoms with Gasteiger partial charge in [-0.25, -0.2) is 0 Å². The molecule has 3 aliphatic rings. The highest BCUT2D eigenvalue weighted by molar-refractivity contribution is 6.00. The third-order valence-corrected chi connectivity index (χ3v) is 5.67. The summed E-state index contributed by atoms with van der Waals surface area (Å²) in [5.74, 6) is 0.219. The molecule has 0 N–H and O–H groups in total. The molecular formula is C13H18O3. The maximum Gasteiger partial charge on any atom is 0.306 e. The molecule has 0 aromatic rings. The van der Waals surface area contributed by atoms with Gasteiger partial charge in [0, 0.05) is 24.2 Å². The van der Waals surface area contributed by atoms with Crippen LogP contribution in [0.25, 0.3) is 0 Å². The van der Waals surface area contributed by atoms with Crippen LogP contribution in [0.15, 0.2) is 0 Å². The minimum atomic E-state index is -0.756. The lowest BCUT2D eigenvalue weighted by molar-refractivity contribution is -0.163. The molecule has 2 bridgehead atoms. The van der Waals surface area contributed by atoms with Crippen LogP contribution in [-0.4, -0.2) is 17.4 Å². The largest absolute Gasteiger partial charge is 0.451 e. The number of fused-ring (bicyclic) bond motifs is 3. The van der Waals surface area contributed by atoms with Gasteiger partial charge in [-0.3, -0.25) is 9.59 Å². The highest BCUT2D eigenvalue weighted by Crippen LogP contribution is 2.69. The molecule has 3 fully saturated rings. The molecular weight excluding hydrogens is 204 g/mol. The first kappa shape index (κ1) is 10.3. The van der Waals surface area contributed by atoms with Gasteiger partial charge in [0.25, 0.3) is 0 Å². The predicted octanol–water partition coefficient (Wildman–Crippen LogP) is 2.09. The van der Waals surface area contributed by atoms with Crippen LogP contribution in [0.3, 0.4) is 0 Å². The lowest BCUT2D eigenvalue weighted by atomic mass is 9.70. The van der Waals surface area contributed by atoms with Crippen molar-refractivity contribution >= 4 is 11.8 Å². The van der Waals surface area contributed by atoms with Gasteiger partial charge in [-0.2, -0.15) is 0 Å². The first-order chi connectivity index (χ1) is 7.34. The summed E-state index contributed by atoms with van der Waals surface area (Å²) in [6.07, 6.45) is 2.98. The maximum absolute atomic E-state index is 12.6. The number of hydrogen-bond acceptors (Lipinski definition) is 3. The number of Topliss-reactive ketones (excluding diaryl/α,β-unsaturated/α-hetero) is 1. The number of ether oxygens (including phenoxy) is 1. The molecule has 2 aliphatic carbocycles. The molecule has 3 atom stereocenters. The van der Waals surface area contributed by atoms with Crippen molar-refractivity contribution in [3.63, 3.8) is 0 Å². The predicted molar refractivity (Wildman–Crippen MR) is 57.7 cm³/mol. The number of esters is 1. The van der Waals surface area contributed by atoms with Crippen molar-refractivity contribution in [2.75, 3.05) is 0 Å². The van der Waals surface area contributed by atoms with Gasteiger partial charge in [0.05, 0.1) is 0 Å². The highest BCUT2D eigenvalue weighted by Gasteiger charge is 2.75. The van der Waals surface area contributed by atoms with E-state index in [0.29, 0.717) is 12.8 Å². The second kappa shape index (κ2) is 2.52. The van der Waals surface area contributed by atoms with Crippen molar-refractivity contribution < 1.29 is 14.3 Å². The Kier molecular flexibility index (Phi) is 1.62. The quantitative estimate of drug-likeness (QED) is 0.589. The van der Waals surface area contributed by atoms with Crippen molar-refractivity contribution in [2.45, 2.75) is 52.1 Å². The van der Waals surface area contributed by atoms with Crippen LogP contribution >= 0.6 is 0 Å². The van der Waals surface area contributed by atoms with Crippen molar-refractivity contribution in [2.24, 2.45) is 16.7 Å². The Bertz CT molecular complexity index is 398. The van der Waals surface area contributed by atoms with Gasteiger partial charge in [0.1, 0.15) is 0 Å². The zero-order chi connectivity index (χ0) is 11.8. The number of rotatable bonds is 0. The van der Waals surface area contributed by atoms with Crippen LogP contribution in [0.4, 0.5) is 0 Å². The zero-order valence-electron chi connectivity index (χ0n) is 10.1. The Labute approximate surface area is 95.5 Å². The Morgan fingerprint density at radius 1 is 1.19 bits per heavy atom. The maximum atomic E-state index is 12.6. The van der Waals surface area contributed by atoms with E-state index in [1.165, 1.54) is 0 Å². The monoisotopic (exact) mass is 222 g/mol. The second-order valence-electron chi connectivity index (χ2n) is 6.34. The van der Waals surface area contributed by atoms with Crippen molar-refractivity contribution in [3.05, 3.63) is 0 Å². The Morgan fingerprint density at radius 2 is 1.88 bits per heavy atom. The molecule has 88 valence electrons. The molecule has 1 spiro atoms. The number of hydrogen-bond donors (Lipinski definition) is 0. The molecule has 3 rings (SSSR count). The smallest absolute Gasteiger partial charge is 0.306 e. The highest BCUT2D eigenvalue weighted by atomic mass is 16.6. The van der Waals surface area contributed by atoms with E-state index in [0.717, 1.165) is 12.8 Å². The SMILES string of the molecule is CC1(C)[C@H]2CC[C@]1(C)C(=O)[C@]21CCC(=O)O1. The lowest BCUT2D eigenvalue weighted by Gasteiger charge is -2.32. The van der Waals surface area contributed by atoms with E-state index in [9.17, 15) is 9.59 Å². The van der Waals surface area contributed by atoms with E-state index in [1.807, 2.05) is 0 Å². The minimum Gasteiger partial charge on any atom is -0.451 e. The molecule has 16 heavy (non-hydrogen) atoms. The molecule has 0 aromatic carbocycles. The molecule has 0 unspecified atom stereocenters. The van der Waals surface area contributed by atoms with Crippen LogP contribution in [-0.2, 0) is 14.3 Å². The molecule has 2 saturated carbocycles. The van der Waals surface area contributed by atoms with Gasteiger partial charge in [-0.1, -0.05) is 20.8 Å². The summed E-state index contributed by atoms with van der Waals surface area (Å²) in [5.41, 5.74) is -1.08. The molecule has 0 aromatic heterocycles. The molecule has 3 heteroatoms. The summed E-state index contributed by atoms with van der Waals surface area (Å²) in [7, 11) is 0. The van der Waals surface area contributed by atoms with Crippen LogP contribution in [0.2, 0.25) is 0 Å². The van der Waals surface area contributed by atoms with E-state index >= 15 is 0 Å². The van der Waals surface area contributed by atoms with Crippen LogP contribution in [0, 0.1) is 16.7 Å². The summed E-state index contributed by atoms with van der Waals surface area (Å²) in [6.45, 7) is 6.36. The van der Waals surface area contributed by atoms with Crippen LogP contribution < -0.4 is 0 Å². The number of carbonyl (C=O) groups is 2. The van der Waals surface area contributed by atoms with E-state index in [4.69, 9.17) is 4.74 Å². The van der Waals surface area contributed by atoms with Gasteiger partial charge in [0.2, 0.25) is 0 Å². The Hall–Kier alpha value is -0.860. The van der Waals surface area contributed by atoms with Crippen molar-refractivity contribution in [1.29, 1.82) is 0 Å². The third kappa shape index (κ3) is 0.802. The molecule has 1 heterocycles. The van der Waals surface area contributed by atoms with E-state index in [2.05, 4.69) is 20.8 Å². The fourth-order valence-corrected chi connectivity index (χ4v) is 4.35. The zero-order valence-corrected chi connectivity index (χ0v) is 10.1. The van der Waals surface area contributed by atoms with Crippen LogP contribution in [0.1, 0.15) is 46.5 Å². The van der Waals surface area contributed by atoms with Crippen molar-refractivity contribution in [1.82, 2.24) is 0 Å². The minimum absolute atomic E-state index is 0.0330. The fourth-order valence-electron chi connectivity index (χ4n) is 4.35. The topological polar surface area (TPSA) is 43.4 Å². The summed E-state index contributed by atoms with van der Waals surface area (Å²) in [4.78, 5) is 24.0. The molecule has 0 radical (unpaired) electrons. The Balaban J connectivity index is 2.13. The van der Waals surface area contributed by atoms with E-state index < -0.39 is 5.60 Å². The third-order valence-electron chi connectivity index (χ3n) is 5.67. The van der Waals surface area contributed by atoms with Gasteiger partial charge in [0.15, 0.2) is 11.4 Å². The average molecular weight is 222 g/mol. The molecule has 0 amide bonds. The summed E-state index contributed by atoms with van der Waals surface area (Å²) < 4.78 is 5.47. The fraction of sp³-hybridized carbons (Fsp3) is 0.846. The second-order valence-corrected chi connectivity index (χ2v) is 6.34. The van der Waals surface area contributed by atoms with E-state index in [-0.39, 0.29) is 28.5 Å². The first-order valence-electron chi connectivity index (χ1n) is 6.11. The summed E-state index contributed by atoms with van der Waals surface area (Å²) >= 11 is 0. The molecule has 1 aliphatic heterocycles. The Morgan fingerprint density at radius 3 is 2.31 bits per heavy atom. The average Bonchev–Trinajstić information content (AvgIpc) is 2.70. The van der Waals surface area contributed by atoms with Gasteiger partial charge < -0.3 is 4.74 Å². The van der Waals surface area contributed by atoms with Gasteiger partial charge >= 0.3 is 5.97 Å². The number of ketones is 1. The van der Waals surface area contributed by atoms with Crippen LogP contribution in [0.5, 0.6) is 0 Å². The number of carbonyl (C=O) groups excluding carboxylic acids is 2. The van der Waals surface area contributed by atoms with E-state index in [1.54, 1.807) is 0 Å². The molecule has 3 nitrogen and oxygen atoms in total. The van der Waals surface area contributed by atoms with Crippen molar-refractivity contribution in [3.8, 4) is 0 Å².